The van der Waals surface area contributed by atoms with E-state index in [9.17, 15) is 4.79 Å². The van der Waals surface area contributed by atoms with E-state index in [1.165, 1.54) is 0 Å². The molecular formula is C11H20N2O2. The molecule has 2 aliphatic rings. The van der Waals surface area contributed by atoms with Crippen molar-refractivity contribution < 1.29 is 9.53 Å². The molecule has 2 fully saturated rings. The van der Waals surface area contributed by atoms with Crippen molar-refractivity contribution in [1.82, 2.24) is 10.2 Å². The SMILES string of the molecule is CCCN1CC2(CCCNC2)OCC1=O. The molecule has 0 aromatic carbocycles. The van der Waals surface area contributed by atoms with Gasteiger partial charge in [-0.2, -0.15) is 0 Å². The third-order valence-electron chi connectivity index (χ3n) is 3.26. The zero-order chi connectivity index (χ0) is 10.7. The number of morpholine rings is 1. The molecule has 0 saturated carbocycles. The summed E-state index contributed by atoms with van der Waals surface area (Å²) in [5.41, 5.74) is -0.0959. The van der Waals surface area contributed by atoms with E-state index in [-0.39, 0.29) is 18.1 Å². The Morgan fingerprint density at radius 3 is 3.13 bits per heavy atom. The van der Waals surface area contributed by atoms with E-state index >= 15 is 0 Å². The fourth-order valence-electron chi connectivity index (χ4n) is 2.46. The summed E-state index contributed by atoms with van der Waals surface area (Å²) in [6, 6.07) is 0. The molecule has 0 aromatic rings. The summed E-state index contributed by atoms with van der Waals surface area (Å²) in [5, 5.41) is 3.36. The Labute approximate surface area is 91.0 Å². The zero-order valence-corrected chi connectivity index (χ0v) is 9.42. The molecule has 1 amide bonds. The second kappa shape index (κ2) is 4.49. The molecule has 2 rings (SSSR count). The van der Waals surface area contributed by atoms with Gasteiger partial charge in [0, 0.05) is 13.1 Å². The van der Waals surface area contributed by atoms with Gasteiger partial charge in [-0.15, -0.1) is 0 Å². The summed E-state index contributed by atoms with van der Waals surface area (Å²) >= 11 is 0. The smallest absolute Gasteiger partial charge is 0.248 e. The van der Waals surface area contributed by atoms with Gasteiger partial charge in [-0.25, -0.2) is 0 Å². The molecule has 15 heavy (non-hydrogen) atoms. The van der Waals surface area contributed by atoms with Crippen molar-refractivity contribution in [3.63, 3.8) is 0 Å². The van der Waals surface area contributed by atoms with Gasteiger partial charge in [-0.05, 0) is 25.8 Å². The van der Waals surface area contributed by atoms with Crippen LogP contribution in [0.4, 0.5) is 0 Å². The lowest BCUT2D eigenvalue weighted by Gasteiger charge is -2.44. The zero-order valence-electron chi connectivity index (χ0n) is 9.42. The van der Waals surface area contributed by atoms with E-state index in [0.29, 0.717) is 0 Å². The van der Waals surface area contributed by atoms with Crippen LogP contribution in [0.15, 0.2) is 0 Å². The molecule has 1 unspecified atom stereocenters. The Morgan fingerprint density at radius 1 is 1.60 bits per heavy atom. The van der Waals surface area contributed by atoms with Gasteiger partial charge in [0.25, 0.3) is 0 Å². The molecule has 0 radical (unpaired) electrons. The van der Waals surface area contributed by atoms with E-state index in [2.05, 4.69) is 12.2 Å². The van der Waals surface area contributed by atoms with Gasteiger partial charge >= 0.3 is 0 Å². The summed E-state index contributed by atoms with van der Waals surface area (Å²) in [6.45, 7) is 5.97. The largest absolute Gasteiger partial charge is 0.362 e. The van der Waals surface area contributed by atoms with Crippen LogP contribution in [0.25, 0.3) is 0 Å². The number of nitrogens with one attached hydrogen (secondary N) is 1. The van der Waals surface area contributed by atoms with Gasteiger partial charge in [0.05, 0.1) is 12.1 Å². The van der Waals surface area contributed by atoms with Crippen molar-refractivity contribution in [2.45, 2.75) is 31.8 Å². The normalized spacial score (nSPS) is 32.3. The number of rotatable bonds is 2. The maximum Gasteiger partial charge on any atom is 0.248 e. The number of nitrogens with zero attached hydrogens (tertiary/aromatic N) is 1. The molecule has 4 nitrogen and oxygen atoms in total. The molecular weight excluding hydrogens is 192 g/mol. The highest BCUT2D eigenvalue weighted by Crippen LogP contribution is 2.25. The Bertz CT molecular complexity index is 237. The van der Waals surface area contributed by atoms with Crippen molar-refractivity contribution in [2.75, 3.05) is 32.8 Å². The maximum absolute atomic E-state index is 11.6. The molecule has 4 heteroatoms. The van der Waals surface area contributed by atoms with Gasteiger partial charge in [0.15, 0.2) is 0 Å². The predicted molar refractivity (Wildman–Crippen MR) is 57.7 cm³/mol. The third kappa shape index (κ3) is 2.32. The molecule has 2 aliphatic heterocycles. The first-order valence-corrected chi connectivity index (χ1v) is 5.88. The number of hydrogen-bond donors (Lipinski definition) is 1. The minimum Gasteiger partial charge on any atom is -0.362 e. The van der Waals surface area contributed by atoms with Crippen LogP contribution in [0.5, 0.6) is 0 Å². The molecule has 2 heterocycles. The third-order valence-corrected chi connectivity index (χ3v) is 3.26. The number of carbonyl (C=O) groups excluding carboxylic acids is 1. The van der Waals surface area contributed by atoms with Gasteiger partial charge in [-0.3, -0.25) is 4.79 Å². The monoisotopic (exact) mass is 212 g/mol. The highest BCUT2D eigenvalue weighted by molar-refractivity contribution is 5.78. The standard InChI is InChI=1S/C11H20N2O2/c1-2-6-13-9-11(15-7-10(13)14)4-3-5-12-8-11/h12H,2-9H2,1H3. The summed E-state index contributed by atoms with van der Waals surface area (Å²) in [6.07, 6.45) is 3.25. The number of carbonyl (C=O) groups is 1. The predicted octanol–water partition coefficient (Wildman–Crippen LogP) is 0.377. The van der Waals surface area contributed by atoms with Gasteiger partial charge in [0.1, 0.15) is 6.61 Å². The Morgan fingerprint density at radius 2 is 2.47 bits per heavy atom. The molecule has 0 aliphatic carbocycles. The van der Waals surface area contributed by atoms with Crippen molar-refractivity contribution in [3.8, 4) is 0 Å². The molecule has 86 valence electrons. The van der Waals surface area contributed by atoms with Crippen LogP contribution in [0, 0.1) is 0 Å². The van der Waals surface area contributed by atoms with E-state index in [1.807, 2.05) is 4.90 Å². The maximum atomic E-state index is 11.6. The first kappa shape index (κ1) is 10.9. The molecule has 1 N–H and O–H groups in total. The second-order valence-corrected chi connectivity index (χ2v) is 4.57. The number of hydrogen-bond acceptors (Lipinski definition) is 3. The highest BCUT2D eigenvalue weighted by Gasteiger charge is 2.40. The fraction of sp³-hybridized carbons (Fsp3) is 0.909. The Balaban J connectivity index is 2.00. The molecule has 0 bridgehead atoms. The van der Waals surface area contributed by atoms with Crippen LogP contribution >= 0.6 is 0 Å². The highest BCUT2D eigenvalue weighted by atomic mass is 16.5. The van der Waals surface area contributed by atoms with Crippen LogP contribution in [-0.2, 0) is 9.53 Å². The minimum absolute atomic E-state index is 0.0959. The topological polar surface area (TPSA) is 41.6 Å². The fourth-order valence-corrected chi connectivity index (χ4v) is 2.46. The van der Waals surface area contributed by atoms with Crippen LogP contribution in [-0.4, -0.2) is 49.2 Å². The van der Waals surface area contributed by atoms with Crippen LogP contribution in [0.2, 0.25) is 0 Å². The van der Waals surface area contributed by atoms with Gasteiger partial charge < -0.3 is 15.0 Å². The van der Waals surface area contributed by atoms with Crippen LogP contribution < -0.4 is 5.32 Å². The average molecular weight is 212 g/mol. The van der Waals surface area contributed by atoms with Crippen LogP contribution in [0.1, 0.15) is 26.2 Å². The van der Waals surface area contributed by atoms with E-state index in [4.69, 9.17) is 4.74 Å². The van der Waals surface area contributed by atoms with E-state index in [0.717, 1.165) is 45.4 Å². The first-order valence-electron chi connectivity index (χ1n) is 5.88. The first-order chi connectivity index (χ1) is 7.26. The average Bonchev–Trinajstić information content (AvgIpc) is 2.26. The lowest BCUT2D eigenvalue weighted by Crippen LogP contribution is -2.60. The van der Waals surface area contributed by atoms with Gasteiger partial charge in [-0.1, -0.05) is 6.92 Å². The summed E-state index contributed by atoms with van der Waals surface area (Å²) in [5.74, 6) is 0.146. The molecule has 1 atom stereocenters. The number of ether oxygens (including phenoxy) is 1. The van der Waals surface area contributed by atoms with E-state index < -0.39 is 0 Å². The summed E-state index contributed by atoms with van der Waals surface area (Å²) < 4.78 is 5.74. The minimum atomic E-state index is -0.0959. The lowest BCUT2D eigenvalue weighted by atomic mass is 9.92. The number of amides is 1. The second-order valence-electron chi connectivity index (χ2n) is 4.57. The quantitative estimate of drug-likeness (QED) is 0.719. The molecule has 1 spiro atoms. The summed E-state index contributed by atoms with van der Waals surface area (Å²) in [4.78, 5) is 13.5. The van der Waals surface area contributed by atoms with Crippen molar-refractivity contribution in [1.29, 1.82) is 0 Å². The van der Waals surface area contributed by atoms with Crippen molar-refractivity contribution in [2.24, 2.45) is 0 Å². The van der Waals surface area contributed by atoms with Crippen LogP contribution in [0.3, 0.4) is 0 Å². The molecule has 0 aromatic heterocycles. The summed E-state index contributed by atoms with van der Waals surface area (Å²) in [7, 11) is 0. The van der Waals surface area contributed by atoms with E-state index in [1.54, 1.807) is 0 Å². The van der Waals surface area contributed by atoms with Crippen molar-refractivity contribution >= 4 is 5.91 Å². The molecule has 2 saturated heterocycles. The Kier molecular flexibility index (Phi) is 3.26. The lowest BCUT2D eigenvalue weighted by molar-refractivity contribution is -0.166. The van der Waals surface area contributed by atoms with Gasteiger partial charge in [0.2, 0.25) is 5.91 Å². The Hall–Kier alpha value is -0.610. The van der Waals surface area contributed by atoms with Crippen molar-refractivity contribution in [3.05, 3.63) is 0 Å². The number of piperidine rings is 1.